The fourth-order valence-electron chi connectivity index (χ4n) is 3.85. The fraction of sp³-hybridized carbons (Fsp3) is 0.381. The van der Waals surface area contributed by atoms with Crippen molar-refractivity contribution >= 4 is 5.91 Å². The van der Waals surface area contributed by atoms with Gasteiger partial charge in [0, 0.05) is 25.2 Å². The molecule has 2 aliphatic heterocycles. The summed E-state index contributed by atoms with van der Waals surface area (Å²) < 4.78 is 11.4. The Kier molecular flexibility index (Phi) is 4.80. The first-order chi connectivity index (χ1) is 12.7. The van der Waals surface area contributed by atoms with E-state index in [4.69, 9.17) is 9.47 Å². The van der Waals surface area contributed by atoms with Gasteiger partial charge in [0.05, 0.1) is 0 Å². The van der Waals surface area contributed by atoms with E-state index in [2.05, 4.69) is 28.4 Å². The van der Waals surface area contributed by atoms with Gasteiger partial charge < -0.3 is 14.8 Å². The van der Waals surface area contributed by atoms with E-state index >= 15 is 0 Å². The highest BCUT2D eigenvalue weighted by Crippen LogP contribution is 2.38. The van der Waals surface area contributed by atoms with Crippen LogP contribution < -0.4 is 14.8 Å². The van der Waals surface area contributed by atoms with Gasteiger partial charge in [-0.15, -0.1) is 0 Å². The molecule has 0 radical (unpaired) electrons. The van der Waals surface area contributed by atoms with Gasteiger partial charge in [-0.2, -0.15) is 0 Å². The van der Waals surface area contributed by atoms with E-state index in [1.807, 2.05) is 24.3 Å². The predicted molar refractivity (Wildman–Crippen MR) is 99.6 cm³/mol. The van der Waals surface area contributed by atoms with Gasteiger partial charge >= 0.3 is 0 Å². The van der Waals surface area contributed by atoms with E-state index in [1.165, 1.54) is 12.0 Å². The van der Waals surface area contributed by atoms with E-state index in [0.717, 1.165) is 36.6 Å². The Hall–Kier alpha value is -2.53. The summed E-state index contributed by atoms with van der Waals surface area (Å²) in [6.07, 6.45) is 2.31. The molecule has 0 spiro atoms. The molecular weight excluding hydrogens is 328 g/mol. The molecule has 0 aliphatic carbocycles. The molecule has 0 saturated carbocycles. The van der Waals surface area contributed by atoms with Crippen molar-refractivity contribution in [2.75, 3.05) is 26.8 Å². The molecule has 26 heavy (non-hydrogen) atoms. The van der Waals surface area contributed by atoms with Gasteiger partial charge in [0.25, 0.3) is 5.91 Å². The highest BCUT2D eigenvalue weighted by molar-refractivity contribution is 5.94. The number of likely N-dealkylation sites (tertiary alicyclic amines) is 1. The molecule has 1 saturated heterocycles. The average Bonchev–Trinajstić information content (AvgIpc) is 3.15. The third-order valence-corrected chi connectivity index (χ3v) is 5.12. The second kappa shape index (κ2) is 7.38. The molecule has 1 atom stereocenters. The number of hydrogen-bond acceptors (Lipinski definition) is 4. The molecule has 1 fully saturated rings. The molecule has 4 rings (SSSR count). The van der Waals surface area contributed by atoms with E-state index in [9.17, 15) is 4.79 Å². The van der Waals surface area contributed by atoms with Crippen molar-refractivity contribution in [2.24, 2.45) is 0 Å². The second-order valence-electron chi connectivity index (χ2n) is 6.81. The lowest BCUT2D eigenvalue weighted by Gasteiger charge is -2.26. The number of rotatable bonds is 4. The standard InChI is InChI=1S/C21H24N2O3/c1-22-21(24)17-5-2-4-15(12-17)14-23-9-3-6-18(23)16-7-8-19-20(13-16)26-11-10-25-19/h2,4-5,7-8,12-13,18H,3,6,9-11,14H2,1H3,(H,22,24)/t18-/m1/s1. The Morgan fingerprint density at radius 3 is 2.85 bits per heavy atom. The van der Waals surface area contributed by atoms with E-state index in [1.54, 1.807) is 7.05 Å². The summed E-state index contributed by atoms with van der Waals surface area (Å²) in [5.41, 5.74) is 3.14. The first-order valence-corrected chi connectivity index (χ1v) is 9.19. The zero-order valence-corrected chi connectivity index (χ0v) is 15.0. The normalized spacial score (nSPS) is 19.3. The smallest absolute Gasteiger partial charge is 0.251 e. The lowest BCUT2D eigenvalue weighted by molar-refractivity contribution is 0.0963. The summed E-state index contributed by atoms with van der Waals surface area (Å²) in [6.45, 7) is 3.12. The Balaban J connectivity index is 1.53. The number of benzene rings is 2. The van der Waals surface area contributed by atoms with Gasteiger partial charge in [-0.3, -0.25) is 9.69 Å². The maximum atomic E-state index is 11.9. The zero-order valence-electron chi connectivity index (χ0n) is 15.0. The number of carbonyl (C=O) groups excluding carboxylic acids is 1. The molecule has 2 aromatic rings. The number of ether oxygens (including phenoxy) is 2. The van der Waals surface area contributed by atoms with Gasteiger partial charge in [0.15, 0.2) is 11.5 Å². The molecule has 0 aromatic heterocycles. The summed E-state index contributed by atoms with van der Waals surface area (Å²) in [5.74, 6) is 1.64. The highest BCUT2D eigenvalue weighted by atomic mass is 16.6. The SMILES string of the molecule is CNC(=O)c1cccc(CN2CCC[C@@H]2c2ccc3c(c2)OCCO3)c1. The number of hydrogen-bond donors (Lipinski definition) is 1. The van der Waals surface area contributed by atoms with E-state index < -0.39 is 0 Å². The minimum Gasteiger partial charge on any atom is -0.486 e. The van der Waals surface area contributed by atoms with Crippen LogP contribution in [0.5, 0.6) is 11.5 Å². The van der Waals surface area contributed by atoms with Crippen molar-refractivity contribution in [3.63, 3.8) is 0 Å². The molecule has 2 aliphatic rings. The summed E-state index contributed by atoms with van der Waals surface area (Å²) >= 11 is 0. The van der Waals surface area contributed by atoms with Gasteiger partial charge in [0.1, 0.15) is 13.2 Å². The quantitative estimate of drug-likeness (QED) is 0.918. The van der Waals surface area contributed by atoms with Crippen LogP contribution in [-0.4, -0.2) is 37.6 Å². The number of fused-ring (bicyclic) bond motifs is 1. The molecule has 2 aromatic carbocycles. The molecule has 0 bridgehead atoms. The Labute approximate surface area is 153 Å². The van der Waals surface area contributed by atoms with Crippen molar-refractivity contribution in [3.05, 3.63) is 59.2 Å². The van der Waals surface area contributed by atoms with Crippen molar-refractivity contribution in [1.82, 2.24) is 10.2 Å². The van der Waals surface area contributed by atoms with Gasteiger partial charge in [0.2, 0.25) is 0 Å². The molecule has 1 amide bonds. The molecule has 136 valence electrons. The van der Waals surface area contributed by atoms with Crippen LogP contribution in [0.3, 0.4) is 0 Å². The maximum absolute atomic E-state index is 11.9. The topological polar surface area (TPSA) is 50.8 Å². The van der Waals surface area contributed by atoms with Crippen LogP contribution in [0.15, 0.2) is 42.5 Å². The molecule has 1 N–H and O–H groups in total. The van der Waals surface area contributed by atoms with Crippen LogP contribution in [0.25, 0.3) is 0 Å². The monoisotopic (exact) mass is 352 g/mol. The molecule has 5 nitrogen and oxygen atoms in total. The van der Waals surface area contributed by atoms with Gasteiger partial charge in [-0.25, -0.2) is 0 Å². The van der Waals surface area contributed by atoms with Crippen LogP contribution in [0.2, 0.25) is 0 Å². The molecule has 5 heteroatoms. The van der Waals surface area contributed by atoms with Crippen molar-refractivity contribution in [1.29, 1.82) is 0 Å². The van der Waals surface area contributed by atoms with Crippen LogP contribution in [0, 0.1) is 0 Å². The van der Waals surface area contributed by atoms with Crippen molar-refractivity contribution in [2.45, 2.75) is 25.4 Å². The van der Waals surface area contributed by atoms with Crippen molar-refractivity contribution < 1.29 is 14.3 Å². The summed E-state index contributed by atoms with van der Waals surface area (Å²) in [7, 11) is 1.66. The van der Waals surface area contributed by atoms with Gasteiger partial charge in [-0.1, -0.05) is 18.2 Å². The Bertz CT molecular complexity index is 806. The van der Waals surface area contributed by atoms with E-state index in [0.29, 0.717) is 24.8 Å². The maximum Gasteiger partial charge on any atom is 0.251 e. The number of nitrogens with zero attached hydrogens (tertiary/aromatic N) is 1. The lowest BCUT2D eigenvalue weighted by atomic mass is 10.0. The van der Waals surface area contributed by atoms with Gasteiger partial charge in [-0.05, 0) is 54.8 Å². The zero-order chi connectivity index (χ0) is 17.9. The predicted octanol–water partition coefficient (Wildman–Crippen LogP) is 3.15. The van der Waals surface area contributed by atoms with Crippen LogP contribution in [-0.2, 0) is 6.54 Å². The van der Waals surface area contributed by atoms with Crippen LogP contribution in [0.1, 0.15) is 40.4 Å². The summed E-state index contributed by atoms with van der Waals surface area (Å²) in [5, 5.41) is 2.69. The number of nitrogens with one attached hydrogen (secondary N) is 1. The largest absolute Gasteiger partial charge is 0.486 e. The third-order valence-electron chi connectivity index (χ3n) is 5.12. The average molecular weight is 352 g/mol. The summed E-state index contributed by atoms with van der Waals surface area (Å²) in [6, 6.07) is 14.5. The van der Waals surface area contributed by atoms with Crippen LogP contribution in [0.4, 0.5) is 0 Å². The fourth-order valence-corrected chi connectivity index (χ4v) is 3.85. The second-order valence-corrected chi connectivity index (χ2v) is 6.81. The minimum absolute atomic E-state index is 0.0448. The van der Waals surface area contributed by atoms with E-state index in [-0.39, 0.29) is 5.91 Å². The first-order valence-electron chi connectivity index (χ1n) is 9.19. The molecule has 0 unspecified atom stereocenters. The van der Waals surface area contributed by atoms with Crippen molar-refractivity contribution in [3.8, 4) is 11.5 Å². The number of amides is 1. The molecular formula is C21H24N2O3. The third kappa shape index (κ3) is 3.40. The molecule has 2 heterocycles. The first kappa shape index (κ1) is 16.9. The Morgan fingerprint density at radius 2 is 2.00 bits per heavy atom. The lowest BCUT2D eigenvalue weighted by Crippen LogP contribution is -2.24. The minimum atomic E-state index is -0.0448. The number of carbonyl (C=O) groups is 1. The highest BCUT2D eigenvalue weighted by Gasteiger charge is 2.27. The van der Waals surface area contributed by atoms with Crippen LogP contribution >= 0.6 is 0 Å². The summed E-state index contributed by atoms with van der Waals surface area (Å²) in [4.78, 5) is 14.4. The Morgan fingerprint density at radius 1 is 1.15 bits per heavy atom.